The Morgan fingerprint density at radius 1 is 0.714 bits per heavy atom. The van der Waals surface area contributed by atoms with E-state index in [1.807, 2.05) is 26.0 Å². The summed E-state index contributed by atoms with van der Waals surface area (Å²) in [5.74, 6) is -1.19. The maximum Gasteiger partial charge on any atom is 0.340 e. The van der Waals surface area contributed by atoms with Crippen LogP contribution in [0.1, 0.15) is 92.6 Å². The van der Waals surface area contributed by atoms with Crippen LogP contribution in [0.4, 0.5) is 11.4 Å². The summed E-state index contributed by atoms with van der Waals surface area (Å²) < 4.78 is 5.21. The van der Waals surface area contributed by atoms with Gasteiger partial charge in [0.1, 0.15) is 0 Å². The van der Waals surface area contributed by atoms with Gasteiger partial charge in [-0.3, -0.25) is 9.59 Å². The van der Waals surface area contributed by atoms with Gasteiger partial charge in [0, 0.05) is 12.1 Å². The summed E-state index contributed by atoms with van der Waals surface area (Å²) in [4.78, 5) is 37.3. The third-order valence-corrected chi connectivity index (χ3v) is 6.14. The van der Waals surface area contributed by atoms with Gasteiger partial charge >= 0.3 is 5.97 Å². The number of hydrogen-bond donors (Lipinski definition) is 2. The Balaban J connectivity index is 1.75. The van der Waals surface area contributed by atoms with Crippen LogP contribution >= 0.6 is 0 Å². The predicted octanol–water partition coefficient (Wildman–Crippen LogP) is 6.96. The summed E-state index contributed by atoms with van der Waals surface area (Å²) in [6.45, 7) is 5.70. The fraction of sp³-hybridized carbons (Fsp3) is 0.483. The summed E-state index contributed by atoms with van der Waals surface area (Å²) in [7, 11) is 0. The van der Waals surface area contributed by atoms with E-state index < -0.39 is 18.5 Å². The maximum absolute atomic E-state index is 12.6. The number of carbonyl (C=O) groups excluding carboxylic acids is 3. The molecule has 0 saturated carbocycles. The number of hydrogen-bond acceptors (Lipinski definition) is 4. The highest BCUT2D eigenvalue weighted by molar-refractivity contribution is 6.02. The summed E-state index contributed by atoms with van der Waals surface area (Å²) in [6.07, 6.45) is 11.1. The van der Waals surface area contributed by atoms with E-state index in [9.17, 15) is 14.4 Å². The number of benzene rings is 2. The molecule has 0 radical (unpaired) electrons. The minimum Gasteiger partial charge on any atom is -0.452 e. The molecule has 0 bridgehead atoms. The van der Waals surface area contributed by atoms with Crippen molar-refractivity contribution in [2.24, 2.45) is 0 Å². The van der Waals surface area contributed by atoms with Crippen molar-refractivity contribution < 1.29 is 19.1 Å². The van der Waals surface area contributed by atoms with Crippen LogP contribution in [0.25, 0.3) is 0 Å². The molecule has 0 aromatic heterocycles. The lowest BCUT2D eigenvalue weighted by Gasteiger charge is -2.12. The molecule has 0 spiro atoms. The van der Waals surface area contributed by atoms with E-state index in [-0.39, 0.29) is 11.5 Å². The Kier molecular flexibility index (Phi) is 12.6. The van der Waals surface area contributed by atoms with E-state index in [1.54, 1.807) is 30.3 Å². The number of esters is 1. The van der Waals surface area contributed by atoms with Crippen LogP contribution in [0.2, 0.25) is 0 Å². The fourth-order valence-corrected chi connectivity index (χ4v) is 3.86. The monoisotopic (exact) mass is 480 g/mol. The number of unbranched alkanes of at least 4 members (excludes halogenated alkanes) is 8. The SMILES string of the molecule is CCCCCCCCCCCC(=O)Nc1ccccc1C(=O)OCC(=O)Nc1cccc(C)c1C. The molecule has 2 amide bonds. The lowest BCUT2D eigenvalue weighted by molar-refractivity contribution is -0.119. The molecule has 2 rings (SSSR count). The van der Waals surface area contributed by atoms with Crippen LogP contribution < -0.4 is 10.6 Å². The highest BCUT2D eigenvalue weighted by Crippen LogP contribution is 2.19. The molecule has 0 aliphatic heterocycles. The van der Waals surface area contributed by atoms with Crippen LogP contribution in [-0.4, -0.2) is 24.4 Å². The normalized spacial score (nSPS) is 10.6. The number of anilines is 2. The van der Waals surface area contributed by atoms with Gasteiger partial charge in [-0.1, -0.05) is 82.6 Å². The van der Waals surface area contributed by atoms with Crippen LogP contribution in [0, 0.1) is 13.8 Å². The van der Waals surface area contributed by atoms with Crippen LogP contribution in [0.3, 0.4) is 0 Å². The zero-order valence-corrected chi connectivity index (χ0v) is 21.5. The molecule has 190 valence electrons. The molecule has 2 N–H and O–H groups in total. The first-order valence-electron chi connectivity index (χ1n) is 12.8. The Bertz CT molecular complexity index is 971. The summed E-state index contributed by atoms with van der Waals surface area (Å²) in [6, 6.07) is 12.3. The molecule has 35 heavy (non-hydrogen) atoms. The third-order valence-electron chi connectivity index (χ3n) is 6.14. The molecular weight excluding hydrogens is 440 g/mol. The van der Waals surface area contributed by atoms with Crippen molar-refractivity contribution in [2.45, 2.75) is 85.0 Å². The van der Waals surface area contributed by atoms with Crippen molar-refractivity contribution in [3.63, 3.8) is 0 Å². The molecule has 0 aliphatic carbocycles. The fourth-order valence-electron chi connectivity index (χ4n) is 3.86. The Morgan fingerprint density at radius 3 is 2.03 bits per heavy atom. The summed E-state index contributed by atoms with van der Waals surface area (Å²) in [5.41, 5.74) is 3.34. The molecule has 0 unspecified atom stereocenters. The van der Waals surface area contributed by atoms with Gasteiger partial charge in [-0.2, -0.15) is 0 Å². The molecule has 0 atom stereocenters. The van der Waals surface area contributed by atoms with Gasteiger partial charge in [-0.15, -0.1) is 0 Å². The molecule has 2 aromatic carbocycles. The number of aryl methyl sites for hydroxylation is 1. The molecule has 6 nitrogen and oxygen atoms in total. The molecular formula is C29H40N2O4. The highest BCUT2D eigenvalue weighted by Gasteiger charge is 2.16. The molecule has 0 fully saturated rings. The van der Waals surface area contributed by atoms with Gasteiger partial charge in [0.05, 0.1) is 11.3 Å². The number of ether oxygens (including phenoxy) is 1. The summed E-state index contributed by atoms with van der Waals surface area (Å²) in [5, 5.41) is 5.59. The van der Waals surface area contributed by atoms with E-state index in [0.29, 0.717) is 17.8 Å². The summed E-state index contributed by atoms with van der Waals surface area (Å²) >= 11 is 0. The van der Waals surface area contributed by atoms with E-state index >= 15 is 0 Å². The average molecular weight is 481 g/mol. The second-order valence-corrected chi connectivity index (χ2v) is 9.04. The average Bonchev–Trinajstić information content (AvgIpc) is 2.84. The quantitative estimate of drug-likeness (QED) is 0.213. The number of para-hydroxylation sites is 1. The lowest BCUT2D eigenvalue weighted by Crippen LogP contribution is -2.22. The number of rotatable bonds is 15. The van der Waals surface area contributed by atoms with Crippen molar-refractivity contribution in [1.29, 1.82) is 0 Å². The molecule has 2 aromatic rings. The standard InChI is InChI=1S/C29H40N2O4/c1-4-5-6-7-8-9-10-11-12-20-27(32)31-26-18-14-13-17-24(26)29(34)35-21-28(33)30-25-19-15-16-22(2)23(25)3/h13-19H,4-12,20-21H2,1-3H3,(H,30,33)(H,31,32). The van der Waals surface area contributed by atoms with E-state index in [4.69, 9.17) is 4.74 Å². The second-order valence-electron chi connectivity index (χ2n) is 9.04. The van der Waals surface area contributed by atoms with Crippen LogP contribution in [0.5, 0.6) is 0 Å². The Hall–Kier alpha value is -3.15. The smallest absolute Gasteiger partial charge is 0.340 e. The highest BCUT2D eigenvalue weighted by atomic mass is 16.5. The van der Waals surface area contributed by atoms with Crippen LogP contribution in [0.15, 0.2) is 42.5 Å². The van der Waals surface area contributed by atoms with Crippen molar-refractivity contribution in [3.8, 4) is 0 Å². The molecule has 0 aliphatic rings. The van der Waals surface area contributed by atoms with Crippen molar-refractivity contribution in [3.05, 3.63) is 59.2 Å². The van der Waals surface area contributed by atoms with E-state index in [2.05, 4.69) is 17.6 Å². The minimum absolute atomic E-state index is 0.124. The predicted molar refractivity (Wildman–Crippen MR) is 142 cm³/mol. The van der Waals surface area contributed by atoms with Crippen molar-refractivity contribution in [1.82, 2.24) is 0 Å². The minimum atomic E-state index is -0.653. The van der Waals surface area contributed by atoms with Gasteiger partial charge in [0.25, 0.3) is 5.91 Å². The van der Waals surface area contributed by atoms with Gasteiger partial charge in [-0.05, 0) is 49.6 Å². The van der Waals surface area contributed by atoms with Gasteiger partial charge < -0.3 is 15.4 Å². The number of nitrogens with one attached hydrogen (secondary N) is 2. The van der Waals surface area contributed by atoms with Crippen LogP contribution in [-0.2, 0) is 14.3 Å². The van der Waals surface area contributed by atoms with E-state index in [0.717, 1.165) is 30.4 Å². The molecule has 6 heteroatoms. The molecule has 0 heterocycles. The third kappa shape index (κ3) is 10.3. The topological polar surface area (TPSA) is 84.5 Å². The first-order chi connectivity index (χ1) is 16.9. The number of carbonyl (C=O) groups is 3. The van der Waals surface area contributed by atoms with Gasteiger partial charge in [-0.25, -0.2) is 4.79 Å². The first-order valence-corrected chi connectivity index (χ1v) is 12.8. The van der Waals surface area contributed by atoms with E-state index in [1.165, 1.54) is 38.5 Å². The largest absolute Gasteiger partial charge is 0.452 e. The number of amides is 2. The Labute approximate surface area is 209 Å². The molecule has 0 saturated heterocycles. The Morgan fingerprint density at radius 2 is 1.31 bits per heavy atom. The van der Waals surface area contributed by atoms with Crippen molar-refractivity contribution in [2.75, 3.05) is 17.2 Å². The van der Waals surface area contributed by atoms with Gasteiger partial charge in [0.2, 0.25) is 5.91 Å². The van der Waals surface area contributed by atoms with Gasteiger partial charge in [0.15, 0.2) is 6.61 Å². The van der Waals surface area contributed by atoms with Crippen molar-refractivity contribution >= 4 is 29.2 Å². The zero-order chi connectivity index (χ0) is 25.5. The first kappa shape index (κ1) is 28.1. The maximum atomic E-state index is 12.6. The lowest BCUT2D eigenvalue weighted by atomic mass is 10.1. The zero-order valence-electron chi connectivity index (χ0n) is 21.5. The second kappa shape index (κ2) is 15.7.